The molecule has 0 radical (unpaired) electrons. The fourth-order valence-electron chi connectivity index (χ4n) is 4.02. The number of methoxy groups -OCH3 is 2. The average Bonchev–Trinajstić information content (AvgIpc) is 3.19. The fourth-order valence-corrected chi connectivity index (χ4v) is 4.02. The number of fused-ring (bicyclic) bond motifs is 1. The fraction of sp³-hybridized carbons (Fsp3) is 0.650. The second kappa shape index (κ2) is 10.1. The molecule has 1 N–H and O–H groups in total. The van der Waals surface area contributed by atoms with Gasteiger partial charge in [-0.3, -0.25) is 19.8 Å². The number of ether oxygens (including phenoxy) is 4. The third kappa shape index (κ3) is 5.00. The molecular weight excluding hydrogens is 394 g/mol. The quantitative estimate of drug-likeness (QED) is 0.366. The number of nitro groups is 1. The van der Waals surface area contributed by atoms with Gasteiger partial charge in [0.25, 0.3) is 5.69 Å². The van der Waals surface area contributed by atoms with Gasteiger partial charge in [0.1, 0.15) is 6.04 Å². The van der Waals surface area contributed by atoms with Crippen molar-refractivity contribution in [2.45, 2.75) is 50.5 Å². The minimum atomic E-state index is -0.922. The van der Waals surface area contributed by atoms with E-state index >= 15 is 0 Å². The van der Waals surface area contributed by atoms with Crippen molar-refractivity contribution in [1.29, 1.82) is 0 Å². The Balaban J connectivity index is 1.96. The van der Waals surface area contributed by atoms with Gasteiger partial charge in [0.2, 0.25) is 12.7 Å². The van der Waals surface area contributed by atoms with Gasteiger partial charge >= 0.3 is 0 Å². The highest BCUT2D eigenvalue weighted by molar-refractivity contribution is 5.85. The summed E-state index contributed by atoms with van der Waals surface area (Å²) in [4.78, 5) is 26.4. The molecule has 2 aliphatic rings. The predicted octanol–water partition coefficient (Wildman–Crippen LogP) is 2.36. The van der Waals surface area contributed by atoms with Crippen molar-refractivity contribution in [3.63, 3.8) is 0 Å². The Morgan fingerprint density at radius 1 is 1.23 bits per heavy atom. The molecule has 0 bridgehead atoms. The molecule has 1 aromatic rings. The Labute approximate surface area is 175 Å². The highest BCUT2D eigenvalue weighted by Crippen LogP contribution is 2.41. The van der Waals surface area contributed by atoms with E-state index in [2.05, 4.69) is 5.32 Å². The number of rotatable bonds is 9. The minimum absolute atomic E-state index is 0.0137. The van der Waals surface area contributed by atoms with E-state index in [1.165, 1.54) is 26.4 Å². The molecule has 3 rings (SSSR count). The maximum Gasteiger partial charge on any atom is 0.278 e. The van der Waals surface area contributed by atoms with Gasteiger partial charge in [-0.05, 0) is 26.0 Å². The minimum Gasteiger partial charge on any atom is -0.454 e. The van der Waals surface area contributed by atoms with Gasteiger partial charge in [0.15, 0.2) is 17.8 Å². The van der Waals surface area contributed by atoms with Crippen molar-refractivity contribution in [1.82, 2.24) is 10.2 Å². The second-order valence-electron chi connectivity index (χ2n) is 7.61. The lowest BCUT2D eigenvalue weighted by Gasteiger charge is -2.32. The van der Waals surface area contributed by atoms with Crippen LogP contribution in [0.2, 0.25) is 0 Å². The van der Waals surface area contributed by atoms with Crippen LogP contribution in [-0.2, 0) is 14.3 Å². The maximum atomic E-state index is 13.4. The molecule has 1 fully saturated rings. The second-order valence-corrected chi connectivity index (χ2v) is 7.61. The van der Waals surface area contributed by atoms with Crippen LogP contribution in [0.5, 0.6) is 11.5 Å². The van der Waals surface area contributed by atoms with Crippen LogP contribution in [0.3, 0.4) is 0 Å². The predicted molar refractivity (Wildman–Crippen MR) is 107 cm³/mol. The van der Waals surface area contributed by atoms with Crippen LogP contribution in [0, 0.1) is 10.1 Å². The molecule has 1 aliphatic heterocycles. The molecule has 0 unspecified atom stereocenters. The van der Waals surface area contributed by atoms with Crippen molar-refractivity contribution in [3.8, 4) is 11.5 Å². The summed E-state index contributed by atoms with van der Waals surface area (Å²) >= 11 is 0. The number of nitrogens with zero attached hydrogens (tertiary/aromatic N) is 2. The molecule has 1 heterocycles. The number of amides is 1. The van der Waals surface area contributed by atoms with Crippen LogP contribution in [0.4, 0.5) is 5.69 Å². The monoisotopic (exact) mass is 423 g/mol. The third-order valence-electron chi connectivity index (χ3n) is 5.62. The smallest absolute Gasteiger partial charge is 0.278 e. The third-order valence-corrected chi connectivity index (χ3v) is 5.62. The van der Waals surface area contributed by atoms with Crippen LogP contribution in [0.1, 0.15) is 43.7 Å². The van der Waals surface area contributed by atoms with Crippen LogP contribution < -0.4 is 14.8 Å². The van der Waals surface area contributed by atoms with Crippen molar-refractivity contribution >= 4 is 11.6 Å². The molecule has 10 heteroatoms. The zero-order valence-electron chi connectivity index (χ0n) is 17.6. The summed E-state index contributed by atoms with van der Waals surface area (Å²) in [6.07, 6.45) is 4.50. The van der Waals surface area contributed by atoms with Crippen LogP contribution in [0.25, 0.3) is 0 Å². The van der Waals surface area contributed by atoms with Crippen LogP contribution in [0.15, 0.2) is 12.1 Å². The number of likely N-dealkylation sites (N-methyl/N-ethyl adjacent to an activating group) is 1. The first kappa shape index (κ1) is 22.3. The number of benzene rings is 1. The summed E-state index contributed by atoms with van der Waals surface area (Å²) in [5.74, 6) is 0.387. The normalized spacial score (nSPS) is 17.4. The SMILES string of the molecule is COC(CN(C)[C@@H](C(=O)NC1CCCCC1)c1cc2c(cc1[N+](=O)[O-])OCO2)OC. The molecule has 30 heavy (non-hydrogen) atoms. The molecule has 166 valence electrons. The number of carbonyl (C=O) groups excluding carboxylic acids is 1. The van der Waals surface area contributed by atoms with Gasteiger partial charge in [0, 0.05) is 20.3 Å². The van der Waals surface area contributed by atoms with Gasteiger partial charge in [-0.1, -0.05) is 19.3 Å². The van der Waals surface area contributed by atoms with Gasteiger partial charge in [-0.25, -0.2) is 0 Å². The van der Waals surface area contributed by atoms with Gasteiger partial charge in [-0.2, -0.15) is 0 Å². The van der Waals surface area contributed by atoms with Gasteiger partial charge in [0.05, 0.1) is 23.1 Å². The first-order chi connectivity index (χ1) is 14.4. The highest BCUT2D eigenvalue weighted by atomic mass is 16.7. The molecule has 1 amide bonds. The molecule has 1 aromatic carbocycles. The van der Waals surface area contributed by atoms with Crippen molar-refractivity contribution in [2.24, 2.45) is 0 Å². The van der Waals surface area contributed by atoms with E-state index in [0.717, 1.165) is 32.1 Å². The molecule has 10 nitrogen and oxygen atoms in total. The molecule has 0 aromatic heterocycles. The molecule has 0 saturated heterocycles. The van der Waals surface area contributed by atoms with Crippen molar-refractivity contribution in [3.05, 3.63) is 27.8 Å². The van der Waals surface area contributed by atoms with E-state index in [9.17, 15) is 14.9 Å². The Kier molecular flexibility index (Phi) is 7.46. The summed E-state index contributed by atoms with van der Waals surface area (Å²) in [7, 11) is 4.72. The van der Waals surface area contributed by atoms with Crippen molar-refractivity contribution in [2.75, 3.05) is 34.6 Å². The molecule has 1 aliphatic carbocycles. The molecule has 0 spiro atoms. The zero-order chi connectivity index (χ0) is 21.7. The van der Waals surface area contributed by atoms with Crippen LogP contribution >= 0.6 is 0 Å². The summed E-state index contributed by atoms with van der Waals surface area (Å²) in [6, 6.07) is 1.98. The number of hydrogen-bond acceptors (Lipinski definition) is 8. The molecule has 1 saturated carbocycles. The average molecular weight is 423 g/mol. The molecular formula is C20H29N3O7. The summed E-state index contributed by atoms with van der Waals surface area (Å²) in [5, 5.41) is 14.9. The Bertz CT molecular complexity index is 763. The number of nitrogens with one attached hydrogen (secondary N) is 1. The lowest BCUT2D eigenvalue weighted by molar-refractivity contribution is -0.386. The number of hydrogen-bond donors (Lipinski definition) is 1. The summed E-state index contributed by atoms with van der Waals surface area (Å²) in [5.41, 5.74) is 0.0484. The number of carbonyl (C=O) groups is 1. The number of nitro benzene ring substituents is 1. The van der Waals surface area contributed by atoms with Gasteiger partial charge in [-0.15, -0.1) is 0 Å². The Morgan fingerprint density at radius 3 is 2.47 bits per heavy atom. The summed E-state index contributed by atoms with van der Waals surface area (Å²) in [6.45, 7) is 0.224. The Hall–Kier alpha value is -2.43. The van der Waals surface area contributed by atoms with E-state index in [4.69, 9.17) is 18.9 Å². The van der Waals surface area contributed by atoms with E-state index in [-0.39, 0.29) is 36.5 Å². The van der Waals surface area contributed by atoms with E-state index < -0.39 is 17.3 Å². The first-order valence-corrected chi connectivity index (χ1v) is 10.1. The summed E-state index contributed by atoms with van der Waals surface area (Å²) < 4.78 is 21.2. The van der Waals surface area contributed by atoms with E-state index in [0.29, 0.717) is 11.5 Å². The van der Waals surface area contributed by atoms with Gasteiger partial charge < -0.3 is 24.3 Å². The zero-order valence-corrected chi connectivity index (χ0v) is 17.6. The standard InChI is InChI=1S/C20H29N3O7/c1-22(11-18(27-2)28-3)19(20(24)21-13-7-5-4-6-8-13)14-9-16-17(30-12-29-16)10-15(14)23(25)26/h9-10,13,18-19H,4-8,11-12H2,1-3H3,(H,21,24)/t19-/m1/s1. The lowest BCUT2D eigenvalue weighted by Crippen LogP contribution is -2.46. The lowest BCUT2D eigenvalue weighted by atomic mass is 9.94. The molecule has 1 atom stereocenters. The maximum absolute atomic E-state index is 13.4. The van der Waals surface area contributed by atoms with E-state index in [1.807, 2.05) is 0 Å². The largest absolute Gasteiger partial charge is 0.454 e. The van der Waals surface area contributed by atoms with E-state index in [1.54, 1.807) is 11.9 Å². The highest BCUT2D eigenvalue weighted by Gasteiger charge is 2.36. The Morgan fingerprint density at radius 2 is 1.87 bits per heavy atom. The topological polar surface area (TPSA) is 112 Å². The first-order valence-electron chi connectivity index (χ1n) is 10.1. The van der Waals surface area contributed by atoms with Crippen LogP contribution in [-0.4, -0.2) is 62.7 Å². The van der Waals surface area contributed by atoms with Crippen molar-refractivity contribution < 1.29 is 28.7 Å².